The van der Waals surface area contributed by atoms with E-state index < -0.39 is 6.10 Å². The van der Waals surface area contributed by atoms with Crippen LogP contribution in [0.2, 0.25) is 0 Å². The molecule has 4 heteroatoms. The molecule has 1 amide bonds. The van der Waals surface area contributed by atoms with E-state index in [9.17, 15) is 9.90 Å². The van der Waals surface area contributed by atoms with Crippen molar-refractivity contribution in [1.29, 1.82) is 0 Å². The highest BCUT2D eigenvalue weighted by Gasteiger charge is 2.38. The number of aliphatic hydroxyl groups is 1. The molecule has 4 nitrogen and oxygen atoms in total. The third-order valence-corrected chi connectivity index (χ3v) is 3.92. The number of carbonyl (C=O) groups excluding carboxylic acids is 1. The van der Waals surface area contributed by atoms with E-state index >= 15 is 0 Å². The lowest BCUT2D eigenvalue weighted by atomic mass is 9.73. The molecule has 0 spiro atoms. The molecule has 0 aromatic heterocycles. The molecular formula is C14H28N2O2. The number of aliphatic hydroxyl groups excluding tert-OH is 1. The highest BCUT2D eigenvalue weighted by Crippen LogP contribution is 2.35. The van der Waals surface area contributed by atoms with E-state index in [0.29, 0.717) is 19.0 Å². The van der Waals surface area contributed by atoms with Gasteiger partial charge in [0.1, 0.15) is 0 Å². The molecule has 0 heterocycles. The van der Waals surface area contributed by atoms with Crippen LogP contribution < -0.4 is 11.1 Å². The Morgan fingerprint density at radius 1 is 1.33 bits per heavy atom. The summed E-state index contributed by atoms with van der Waals surface area (Å²) in [7, 11) is 0. The Labute approximate surface area is 110 Å². The lowest BCUT2D eigenvalue weighted by Crippen LogP contribution is -2.48. The average molecular weight is 256 g/mol. The minimum Gasteiger partial charge on any atom is -0.391 e. The fraction of sp³-hybridized carbons (Fsp3) is 0.929. The third-order valence-electron chi connectivity index (χ3n) is 3.92. The Morgan fingerprint density at radius 3 is 2.44 bits per heavy atom. The Hall–Kier alpha value is -0.610. The fourth-order valence-corrected chi connectivity index (χ4v) is 2.78. The Morgan fingerprint density at radius 2 is 1.94 bits per heavy atom. The van der Waals surface area contributed by atoms with Gasteiger partial charge in [-0.2, -0.15) is 0 Å². The number of rotatable bonds is 6. The molecule has 0 bridgehead atoms. The van der Waals surface area contributed by atoms with Crippen molar-refractivity contribution < 1.29 is 9.90 Å². The summed E-state index contributed by atoms with van der Waals surface area (Å²) in [5.74, 6) is 0.475. The molecule has 0 aromatic rings. The van der Waals surface area contributed by atoms with Crippen LogP contribution in [0.3, 0.4) is 0 Å². The van der Waals surface area contributed by atoms with Crippen LogP contribution in [0.5, 0.6) is 0 Å². The van der Waals surface area contributed by atoms with Gasteiger partial charge in [-0.1, -0.05) is 33.1 Å². The first-order chi connectivity index (χ1) is 8.50. The highest BCUT2D eigenvalue weighted by atomic mass is 16.3. The molecule has 0 aliphatic heterocycles. The van der Waals surface area contributed by atoms with Crippen LogP contribution in [-0.4, -0.2) is 30.2 Å². The van der Waals surface area contributed by atoms with E-state index in [1.807, 2.05) is 0 Å². The van der Waals surface area contributed by atoms with Crippen molar-refractivity contribution in [2.24, 2.45) is 17.1 Å². The van der Waals surface area contributed by atoms with Crippen LogP contribution in [0.1, 0.15) is 52.4 Å². The zero-order valence-electron chi connectivity index (χ0n) is 11.7. The second kappa shape index (κ2) is 7.10. The molecule has 1 saturated carbocycles. The van der Waals surface area contributed by atoms with Crippen LogP contribution in [0.4, 0.5) is 0 Å². The lowest BCUT2D eigenvalue weighted by Gasteiger charge is -2.34. The standard InChI is InChI=1S/C14H28N2O2/c1-11(2)8-12(17)9-16-13(18)14(10-15)6-4-3-5-7-14/h11-12,17H,3-10,15H2,1-2H3,(H,16,18). The van der Waals surface area contributed by atoms with Gasteiger partial charge in [0.05, 0.1) is 11.5 Å². The molecule has 1 rings (SSSR count). The Kier molecular flexibility index (Phi) is 6.09. The number of nitrogens with two attached hydrogens (primary N) is 1. The summed E-state index contributed by atoms with van der Waals surface area (Å²) in [6.07, 6.45) is 5.40. The fourth-order valence-electron chi connectivity index (χ4n) is 2.78. The van der Waals surface area contributed by atoms with Crippen molar-refractivity contribution in [3.05, 3.63) is 0 Å². The predicted molar refractivity (Wildman–Crippen MR) is 73.0 cm³/mol. The van der Waals surface area contributed by atoms with Gasteiger partial charge in [0.25, 0.3) is 0 Å². The summed E-state index contributed by atoms with van der Waals surface area (Å²) in [6.45, 7) is 4.89. The van der Waals surface area contributed by atoms with Crippen molar-refractivity contribution in [2.75, 3.05) is 13.1 Å². The molecule has 1 fully saturated rings. The maximum absolute atomic E-state index is 12.2. The maximum atomic E-state index is 12.2. The molecule has 0 saturated heterocycles. The minimum absolute atomic E-state index is 0.0347. The summed E-state index contributed by atoms with van der Waals surface area (Å²) in [5.41, 5.74) is 5.42. The van der Waals surface area contributed by atoms with Crippen molar-refractivity contribution in [3.63, 3.8) is 0 Å². The van der Waals surface area contributed by atoms with Crippen molar-refractivity contribution in [3.8, 4) is 0 Å². The predicted octanol–water partition coefficient (Wildman–Crippen LogP) is 1.42. The quantitative estimate of drug-likeness (QED) is 0.673. The van der Waals surface area contributed by atoms with Crippen LogP contribution in [0.25, 0.3) is 0 Å². The number of hydrogen-bond donors (Lipinski definition) is 3. The van der Waals surface area contributed by atoms with Gasteiger partial charge < -0.3 is 16.2 Å². The molecule has 1 atom stereocenters. The van der Waals surface area contributed by atoms with Gasteiger partial charge in [0, 0.05) is 13.1 Å². The first kappa shape index (κ1) is 15.4. The number of nitrogens with one attached hydrogen (secondary N) is 1. The lowest BCUT2D eigenvalue weighted by molar-refractivity contribution is -0.132. The van der Waals surface area contributed by atoms with Crippen molar-refractivity contribution >= 4 is 5.91 Å². The minimum atomic E-state index is -0.452. The molecule has 4 N–H and O–H groups in total. The van der Waals surface area contributed by atoms with Crippen LogP contribution in [0, 0.1) is 11.3 Å². The SMILES string of the molecule is CC(C)CC(O)CNC(=O)C1(CN)CCCCC1. The Balaban J connectivity index is 2.42. The molecular weight excluding hydrogens is 228 g/mol. The first-order valence-corrected chi connectivity index (χ1v) is 7.16. The largest absolute Gasteiger partial charge is 0.391 e. The second-order valence-electron chi connectivity index (χ2n) is 6.04. The van der Waals surface area contributed by atoms with E-state index in [2.05, 4.69) is 19.2 Å². The Bertz CT molecular complexity index is 261. The smallest absolute Gasteiger partial charge is 0.227 e. The molecule has 0 aromatic carbocycles. The molecule has 106 valence electrons. The van der Waals surface area contributed by atoms with Gasteiger partial charge >= 0.3 is 0 Å². The molecule has 1 unspecified atom stereocenters. The topological polar surface area (TPSA) is 75.3 Å². The van der Waals surface area contributed by atoms with Crippen molar-refractivity contribution in [1.82, 2.24) is 5.32 Å². The van der Waals surface area contributed by atoms with Gasteiger partial charge in [-0.25, -0.2) is 0 Å². The van der Waals surface area contributed by atoms with Crippen LogP contribution in [-0.2, 0) is 4.79 Å². The highest BCUT2D eigenvalue weighted by molar-refractivity contribution is 5.83. The van der Waals surface area contributed by atoms with E-state index in [-0.39, 0.29) is 11.3 Å². The maximum Gasteiger partial charge on any atom is 0.227 e. The second-order valence-corrected chi connectivity index (χ2v) is 6.04. The van der Waals surface area contributed by atoms with Crippen molar-refractivity contribution in [2.45, 2.75) is 58.5 Å². The zero-order valence-corrected chi connectivity index (χ0v) is 11.7. The van der Waals surface area contributed by atoms with Crippen LogP contribution in [0.15, 0.2) is 0 Å². The molecule has 1 aliphatic carbocycles. The summed E-state index contributed by atoms with van der Waals surface area (Å²) in [6, 6.07) is 0. The summed E-state index contributed by atoms with van der Waals surface area (Å²) < 4.78 is 0. The molecule has 1 aliphatic rings. The number of hydrogen-bond acceptors (Lipinski definition) is 3. The van der Waals surface area contributed by atoms with Gasteiger partial charge in [0.15, 0.2) is 0 Å². The average Bonchev–Trinajstić information content (AvgIpc) is 2.36. The van der Waals surface area contributed by atoms with Crippen LogP contribution >= 0.6 is 0 Å². The van der Waals surface area contributed by atoms with E-state index in [4.69, 9.17) is 5.73 Å². The van der Waals surface area contributed by atoms with E-state index in [0.717, 1.165) is 32.1 Å². The van der Waals surface area contributed by atoms with E-state index in [1.54, 1.807) is 0 Å². The molecule has 18 heavy (non-hydrogen) atoms. The molecule has 0 radical (unpaired) electrons. The third kappa shape index (κ3) is 4.25. The summed E-state index contributed by atoms with van der Waals surface area (Å²) >= 11 is 0. The van der Waals surface area contributed by atoms with E-state index in [1.165, 1.54) is 6.42 Å². The number of amides is 1. The summed E-state index contributed by atoms with van der Waals surface area (Å²) in [5, 5.41) is 12.7. The van der Waals surface area contributed by atoms with Gasteiger partial charge in [0.2, 0.25) is 5.91 Å². The normalized spacial score (nSPS) is 20.7. The van der Waals surface area contributed by atoms with Gasteiger partial charge in [-0.15, -0.1) is 0 Å². The monoisotopic (exact) mass is 256 g/mol. The number of carbonyl (C=O) groups is 1. The van der Waals surface area contributed by atoms with Gasteiger partial charge in [-0.3, -0.25) is 4.79 Å². The first-order valence-electron chi connectivity index (χ1n) is 7.16. The zero-order chi connectivity index (χ0) is 13.6. The van der Waals surface area contributed by atoms with Gasteiger partial charge in [-0.05, 0) is 25.2 Å². The summed E-state index contributed by atoms with van der Waals surface area (Å²) in [4.78, 5) is 12.2.